The molecular formula is C27H41N3O. The summed E-state index contributed by atoms with van der Waals surface area (Å²) in [5.41, 5.74) is 5.35. The molecule has 4 rings (SSSR count). The third-order valence-electron chi connectivity index (χ3n) is 6.98. The van der Waals surface area contributed by atoms with Gasteiger partial charge >= 0.3 is 0 Å². The number of para-hydroxylation sites is 1. The zero-order chi connectivity index (χ0) is 21.1. The van der Waals surface area contributed by atoms with Crippen LogP contribution >= 0.6 is 0 Å². The number of unbranched alkanes of at least 4 members (excludes halogenated alkanes) is 7. The molecule has 0 unspecified atom stereocenters. The van der Waals surface area contributed by atoms with Gasteiger partial charge in [-0.25, -0.2) is 0 Å². The van der Waals surface area contributed by atoms with Gasteiger partial charge in [-0.15, -0.1) is 0 Å². The maximum Gasteiger partial charge on any atom is 0.0726 e. The lowest BCUT2D eigenvalue weighted by Crippen LogP contribution is -2.36. The Morgan fingerprint density at radius 3 is 2.39 bits per heavy atom. The van der Waals surface area contributed by atoms with Gasteiger partial charge in [-0.1, -0.05) is 56.7 Å². The van der Waals surface area contributed by atoms with E-state index in [0.29, 0.717) is 0 Å². The minimum absolute atomic E-state index is 0.925. The van der Waals surface area contributed by atoms with Crippen LogP contribution in [0.25, 0.3) is 10.9 Å². The molecule has 1 N–H and O–H groups in total. The van der Waals surface area contributed by atoms with Gasteiger partial charge in [0.05, 0.1) is 18.7 Å². The van der Waals surface area contributed by atoms with E-state index in [-0.39, 0.29) is 0 Å². The minimum Gasteiger partial charge on any atom is -0.384 e. The first-order chi connectivity index (χ1) is 15.4. The Hall–Kier alpha value is -1.65. The summed E-state index contributed by atoms with van der Waals surface area (Å²) in [7, 11) is 0. The van der Waals surface area contributed by atoms with E-state index in [1.54, 1.807) is 0 Å². The van der Waals surface area contributed by atoms with Crippen LogP contribution in [0.1, 0.15) is 75.5 Å². The SMILES string of the molecule is c1ccc2c(NCCCCCCCCCCN3CCOCC3)c3c(nc2c1)CCCC3. The summed E-state index contributed by atoms with van der Waals surface area (Å²) in [6, 6.07) is 8.65. The second-order valence-electron chi connectivity index (χ2n) is 9.35. The highest BCUT2D eigenvalue weighted by Gasteiger charge is 2.17. The number of nitrogens with zero attached hydrogens (tertiary/aromatic N) is 2. The van der Waals surface area contributed by atoms with E-state index in [4.69, 9.17) is 9.72 Å². The summed E-state index contributed by atoms with van der Waals surface area (Å²) in [4.78, 5) is 7.51. The zero-order valence-electron chi connectivity index (χ0n) is 19.3. The molecule has 0 radical (unpaired) electrons. The third-order valence-corrected chi connectivity index (χ3v) is 6.98. The fraction of sp³-hybridized carbons (Fsp3) is 0.667. The van der Waals surface area contributed by atoms with Crippen molar-refractivity contribution in [2.45, 2.75) is 77.0 Å². The molecule has 2 aromatic rings. The number of pyridine rings is 1. The molecule has 4 heteroatoms. The molecule has 0 spiro atoms. The first kappa shape index (κ1) is 22.5. The monoisotopic (exact) mass is 423 g/mol. The number of hydrogen-bond donors (Lipinski definition) is 1. The Kier molecular flexibility index (Phi) is 9.02. The van der Waals surface area contributed by atoms with Crippen molar-refractivity contribution in [3.8, 4) is 0 Å². The molecule has 1 saturated heterocycles. The Balaban J connectivity index is 1.10. The van der Waals surface area contributed by atoms with E-state index in [1.165, 1.54) is 99.5 Å². The van der Waals surface area contributed by atoms with Gasteiger partial charge < -0.3 is 10.1 Å². The van der Waals surface area contributed by atoms with Crippen molar-refractivity contribution in [1.82, 2.24) is 9.88 Å². The summed E-state index contributed by atoms with van der Waals surface area (Å²) >= 11 is 0. The molecule has 1 aliphatic carbocycles. The lowest BCUT2D eigenvalue weighted by molar-refractivity contribution is 0.0371. The highest BCUT2D eigenvalue weighted by molar-refractivity contribution is 5.93. The second kappa shape index (κ2) is 12.4. The molecule has 1 aromatic carbocycles. The van der Waals surface area contributed by atoms with Crippen molar-refractivity contribution in [2.75, 3.05) is 44.7 Å². The van der Waals surface area contributed by atoms with Crippen molar-refractivity contribution >= 4 is 16.6 Å². The molecule has 2 heterocycles. The van der Waals surface area contributed by atoms with Gasteiger partial charge in [0, 0.05) is 36.4 Å². The van der Waals surface area contributed by atoms with Crippen molar-refractivity contribution in [2.24, 2.45) is 0 Å². The number of rotatable bonds is 12. The van der Waals surface area contributed by atoms with E-state index in [0.717, 1.165) is 44.8 Å². The number of aryl methyl sites for hydroxylation is 1. The smallest absolute Gasteiger partial charge is 0.0726 e. The Bertz CT molecular complexity index is 800. The number of hydrogen-bond acceptors (Lipinski definition) is 4. The van der Waals surface area contributed by atoms with E-state index >= 15 is 0 Å². The van der Waals surface area contributed by atoms with E-state index in [9.17, 15) is 0 Å². The summed E-state index contributed by atoms with van der Waals surface area (Å²) in [5, 5.41) is 5.12. The van der Waals surface area contributed by atoms with Gasteiger partial charge in [-0.05, 0) is 56.7 Å². The highest BCUT2D eigenvalue weighted by Crippen LogP contribution is 2.33. The average Bonchev–Trinajstić information content (AvgIpc) is 2.82. The fourth-order valence-electron chi connectivity index (χ4n) is 5.13. The van der Waals surface area contributed by atoms with Gasteiger partial charge in [0.15, 0.2) is 0 Å². The Morgan fingerprint density at radius 2 is 1.55 bits per heavy atom. The number of morpholine rings is 1. The molecule has 31 heavy (non-hydrogen) atoms. The molecule has 1 fully saturated rings. The maximum atomic E-state index is 5.42. The summed E-state index contributed by atoms with van der Waals surface area (Å²) in [6.07, 6.45) is 15.8. The van der Waals surface area contributed by atoms with Crippen LogP contribution in [-0.4, -0.2) is 49.3 Å². The average molecular weight is 424 g/mol. The van der Waals surface area contributed by atoms with Crippen LogP contribution in [0.2, 0.25) is 0 Å². The minimum atomic E-state index is 0.925. The van der Waals surface area contributed by atoms with Crippen molar-refractivity contribution < 1.29 is 4.74 Å². The molecular weight excluding hydrogens is 382 g/mol. The van der Waals surface area contributed by atoms with Gasteiger partial charge in [-0.3, -0.25) is 9.88 Å². The number of fused-ring (bicyclic) bond motifs is 2. The van der Waals surface area contributed by atoms with Crippen LogP contribution in [0.3, 0.4) is 0 Å². The zero-order valence-corrected chi connectivity index (χ0v) is 19.3. The number of nitrogens with one attached hydrogen (secondary N) is 1. The quantitative estimate of drug-likeness (QED) is 0.426. The number of benzene rings is 1. The van der Waals surface area contributed by atoms with Crippen molar-refractivity contribution in [1.29, 1.82) is 0 Å². The van der Waals surface area contributed by atoms with Crippen LogP contribution in [0.15, 0.2) is 24.3 Å². The Morgan fingerprint density at radius 1 is 0.839 bits per heavy atom. The predicted molar refractivity (Wildman–Crippen MR) is 131 cm³/mol. The lowest BCUT2D eigenvalue weighted by Gasteiger charge is -2.26. The van der Waals surface area contributed by atoms with Gasteiger partial charge in [0.1, 0.15) is 0 Å². The largest absolute Gasteiger partial charge is 0.384 e. The van der Waals surface area contributed by atoms with Crippen LogP contribution in [0.5, 0.6) is 0 Å². The first-order valence-corrected chi connectivity index (χ1v) is 12.9. The normalized spacial score (nSPS) is 17.0. The third kappa shape index (κ3) is 6.66. The van der Waals surface area contributed by atoms with E-state index in [1.807, 2.05) is 0 Å². The maximum absolute atomic E-state index is 5.42. The Labute approximate surface area is 188 Å². The van der Waals surface area contributed by atoms with Gasteiger partial charge in [-0.2, -0.15) is 0 Å². The van der Waals surface area contributed by atoms with Crippen LogP contribution in [-0.2, 0) is 17.6 Å². The molecule has 1 aliphatic heterocycles. The molecule has 0 saturated carbocycles. The predicted octanol–water partition coefficient (Wildman–Crippen LogP) is 5.98. The summed E-state index contributed by atoms with van der Waals surface area (Å²) in [5.74, 6) is 0. The van der Waals surface area contributed by atoms with E-state index < -0.39 is 0 Å². The van der Waals surface area contributed by atoms with Crippen LogP contribution in [0, 0.1) is 0 Å². The molecule has 0 atom stereocenters. The van der Waals surface area contributed by atoms with E-state index in [2.05, 4.69) is 34.5 Å². The summed E-state index contributed by atoms with van der Waals surface area (Å²) < 4.78 is 5.42. The highest BCUT2D eigenvalue weighted by atomic mass is 16.5. The van der Waals surface area contributed by atoms with Crippen LogP contribution < -0.4 is 5.32 Å². The molecule has 1 aromatic heterocycles. The first-order valence-electron chi connectivity index (χ1n) is 12.9. The number of ether oxygens (including phenoxy) is 1. The second-order valence-corrected chi connectivity index (χ2v) is 9.35. The molecule has 2 aliphatic rings. The number of anilines is 1. The van der Waals surface area contributed by atoms with Crippen molar-refractivity contribution in [3.05, 3.63) is 35.5 Å². The van der Waals surface area contributed by atoms with Crippen molar-refractivity contribution in [3.63, 3.8) is 0 Å². The molecule has 0 amide bonds. The fourth-order valence-corrected chi connectivity index (χ4v) is 5.13. The van der Waals surface area contributed by atoms with Gasteiger partial charge in [0.2, 0.25) is 0 Å². The lowest BCUT2D eigenvalue weighted by atomic mass is 9.92. The molecule has 170 valence electrons. The summed E-state index contributed by atoms with van der Waals surface area (Å²) in [6.45, 7) is 6.46. The molecule has 4 nitrogen and oxygen atoms in total. The number of aromatic nitrogens is 1. The van der Waals surface area contributed by atoms with Gasteiger partial charge in [0.25, 0.3) is 0 Å². The standard InChI is InChI=1S/C27H41N3O/c1(2-4-6-12-18-30-19-21-31-22-20-30)3-5-11-17-28-27-23-13-7-9-15-25(23)29-26-16-10-8-14-24(26)27/h7,9,13,15H,1-6,8,10-12,14,16-22H2,(H,28,29). The topological polar surface area (TPSA) is 37.4 Å². The van der Waals surface area contributed by atoms with Crippen LogP contribution in [0.4, 0.5) is 5.69 Å². The molecule has 0 bridgehead atoms.